The molecule has 0 aromatic carbocycles. The summed E-state index contributed by atoms with van der Waals surface area (Å²) in [4.78, 5) is 27.1. The van der Waals surface area contributed by atoms with Crippen molar-refractivity contribution in [3.05, 3.63) is 17.8 Å². The van der Waals surface area contributed by atoms with Gasteiger partial charge in [0, 0.05) is 24.2 Å². The number of rotatable bonds is 7. The molecule has 0 unspecified atom stereocenters. The van der Waals surface area contributed by atoms with Crippen LogP contribution in [0.3, 0.4) is 0 Å². The van der Waals surface area contributed by atoms with Crippen LogP contribution in [0.4, 0.5) is 10.6 Å². The number of unbranched alkanes of at least 4 members (excludes halogenated alkanes) is 1. The molecule has 1 rings (SSSR count). The van der Waals surface area contributed by atoms with E-state index in [1.165, 1.54) is 6.20 Å². The molecule has 0 spiro atoms. The summed E-state index contributed by atoms with van der Waals surface area (Å²) >= 11 is 4.27. The minimum atomic E-state index is -0.535. The zero-order valence-electron chi connectivity index (χ0n) is 15.7. The smallest absolute Gasteiger partial charge is 1.00 e. The van der Waals surface area contributed by atoms with Crippen LogP contribution in [0.1, 0.15) is 45.4 Å². The number of hydrogen-bond acceptors (Lipinski definition) is 6. The molecule has 0 aliphatic carbocycles. The van der Waals surface area contributed by atoms with Crippen LogP contribution in [0.5, 0.6) is 0 Å². The molecule has 0 radical (unpaired) electrons. The molecule has 0 bridgehead atoms. The SMILES string of the molecule is CC(C)(C)OC(=O)NCCCCNc1ncc(C(N)=O)cc1S.[H-].[Na+]. The van der Waals surface area contributed by atoms with Crippen molar-refractivity contribution in [3.63, 3.8) is 0 Å². The second-order valence-corrected chi connectivity index (χ2v) is 6.50. The number of carbonyl (C=O) groups excluding carboxylic acids is 2. The molecule has 0 fully saturated rings. The predicted molar refractivity (Wildman–Crippen MR) is 93.1 cm³/mol. The first-order valence-corrected chi connectivity index (χ1v) is 7.83. The van der Waals surface area contributed by atoms with Crippen LogP contribution in [0.15, 0.2) is 17.2 Å². The minimum Gasteiger partial charge on any atom is -1.00 e. The minimum absolute atomic E-state index is 0. The van der Waals surface area contributed by atoms with Crippen molar-refractivity contribution in [1.82, 2.24) is 10.3 Å². The summed E-state index contributed by atoms with van der Waals surface area (Å²) in [6.45, 7) is 6.68. The van der Waals surface area contributed by atoms with E-state index in [2.05, 4.69) is 28.2 Å². The van der Waals surface area contributed by atoms with E-state index in [9.17, 15) is 9.59 Å². The Hall–Kier alpha value is -0.960. The zero-order valence-corrected chi connectivity index (χ0v) is 17.6. The number of nitrogens with zero attached hydrogens (tertiary/aromatic N) is 1. The first kappa shape index (κ1) is 23.0. The van der Waals surface area contributed by atoms with Gasteiger partial charge >= 0.3 is 35.7 Å². The Kier molecular flexibility index (Phi) is 10.4. The second-order valence-electron chi connectivity index (χ2n) is 6.02. The molecule has 1 heterocycles. The van der Waals surface area contributed by atoms with Gasteiger partial charge in [0.25, 0.3) is 0 Å². The molecule has 1 aromatic rings. The largest absolute Gasteiger partial charge is 1.00 e. The summed E-state index contributed by atoms with van der Waals surface area (Å²) in [6.07, 6.45) is 2.64. The number of alkyl carbamates (subject to hydrolysis) is 1. The molecule has 0 aliphatic rings. The Morgan fingerprint density at radius 2 is 1.96 bits per heavy atom. The molecular weight excluding hydrogens is 339 g/mol. The van der Waals surface area contributed by atoms with E-state index < -0.39 is 17.6 Å². The van der Waals surface area contributed by atoms with Crippen molar-refractivity contribution in [1.29, 1.82) is 0 Å². The maximum absolute atomic E-state index is 11.4. The standard InChI is InChI=1S/C15H24N4O3S.Na.H/c1-15(2,3)22-14(21)18-7-5-4-6-17-13-11(23)8-10(9-19-13)12(16)20;;/h8-9,23H,4-7H2,1-3H3,(H2,16,20)(H,17,19)(H,18,21);;/q;+1;-1. The predicted octanol–water partition coefficient (Wildman–Crippen LogP) is -0.697. The summed E-state index contributed by atoms with van der Waals surface area (Å²) in [6, 6.07) is 1.57. The summed E-state index contributed by atoms with van der Waals surface area (Å²) in [5.41, 5.74) is 5.01. The van der Waals surface area contributed by atoms with Gasteiger partial charge in [-0.15, -0.1) is 12.6 Å². The van der Waals surface area contributed by atoms with Gasteiger partial charge in [0.1, 0.15) is 11.4 Å². The van der Waals surface area contributed by atoms with Crippen molar-refractivity contribution >= 4 is 30.4 Å². The van der Waals surface area contributed by atoms with Crippen molar-refractivity contribution in [2.24, 2.45) is 5.73 Å². The molecular formula is C15H25N4NaO3S. The third-order valence-corrected chi connectivity index (χ3v) is 3.06. The van der Waals surface area contributed by atoms with Crippen LogP contribution in [0, 0.1) is 0 Å². The molecule has 2 amide bonds. The number of anilines is 1. The molecule has 7 nitrogen and oxygen atoms in total. The number of nitrogens with one attached hydrogen (secondary N) is 2. The van der Waals surface area contributed by atoms with Crippen molar-refractivity contribution in [2.75, 3.05) is 18.4 Å². The maximum atomic E-state index is 11.4. The number of thiol groups is 1. The molecule has 0 saturated heterocycles. The second kappa shape index (κ2) is 10.8. The molecule has 4 N–H and O–H groups in total. The van der Waals surface area contributed by atoms with Crippen LogP contribution >= 0.6 is 12.6 Å². The van der Waals surface area contributed by atoms with Gasteiger partial charge in [-0.3, -0.25) is 4.79 Å². The van der Waals surface area contributed by atoms with Gasteiger partial charge in [-0.1, -0.05) is 0 Å². The van der Waals surface area contributed by atoms with E-state index in [0.717, 1.165) is 12.8 Å². The number of amides is 2. The Bertz CT molecular complexity index is 570. The Morgan fingerprint density at radius 3 is 2.50 bits per heavy atom. The number of primary amides is 1. The average molecular weight is 364 g/mol. The number of hydrogen-bond donors (Lipinski definition) is 4. The molecule has 0 saturated carbocycles. The van der Waals surface area contributed by atoms with Gasteiger partial charge in [0.05, 0.1) is 5.56 Å². The number of carbonyl (C=O) groups is 2. The van der Waals surface area contributed by atoms with Gasteiger partial charge in [0.15, 0.2) is 0 Å². The molecule has 1 aromatic heterocycles. The van der Waals surface area contributed by atoms with Gasteiger partial charge in [-0.25, -0.2) is 9.78 Å². The fraction of sp³-hybridized carbons (Fsp3) is 0.533. The van der Waals surface area contributed by atoms with Crippen LogP contribution < -0.4 is 45.9 Å². The fourth-order valence-corrected chi connectivity index (χ4v) is 1.96. The number of pyridine rings is 1. The fourth-order valence-electron chi connectivity index (χ4n) is 1.69. The van der Waals surface area contributed by atoms with E-state index in [1.54, 1.807) is 6.07 Å². The van der Waals surface area contributed by atoms with E-state index in [-0.39, 0.29) is 31.0 Å². The number of ether oxygens (including phenoxy) is 1. The van der Waals surface area contributed by atoms with Gasteiger partial charge in [-0.05, 0) is 39.7 Å². The summed E-state index contributed by atoms with van der Waals surface area (Å²) in [5, 5.41) is 5.82. The van der Waals surface area contributed by atoms with E-state index in [4.69, 9.17) is 10.5 Å². The third-order valence-electron chi connectivity index (χ3n) is 2.72. The quantitative estimate of drug-likeness (QED) is 0.291. The van der Waals surface area contributed by atoms with E-state index in [1.807, 2.05) is 20.8 Å². The van der Waals surface area contributed by atoms with Crippen LogP contribution in [-0.4, -0.2) is 35.7 Å². The Labute approximate surface area is 171 Å². The van der Waals surface area contributed by atoms with Gasteiger partial charge in [0.2, 0.25) is 5.91 Å². The van der Waals surface area contributed by atoms with Crippen molar-refractivity contribution in [2.45, 2.75) is 44.1 Å². The molecule has 24 heavy (non-hydrogen) atoms. The number of aromatic nitrogens is 1. The number of nitrogens with two attached hydrogens (primary N) is 1. The summed E-state index contributed by atoms with van der Waals surface area (Å²) in [5.74, 6) is 0.0611. The van der Waals surface area contributed by atoms with Crippen LogP contribution in [-0.2, 0) is 4.74 Å². The van der Waals surface area contributed by atoms with E-state index >= 15 is 0 Å². The average Bonchev–Trinajstić information content (AvgIpc) is 2.41. The normalized spacial score (nSPS) is 10.5. The molecule has 9 heteroatoms. The Balaban J connectivity index is 0. The van der Waals surface area contributed by atoms with Crippen LogP contribution in [0.2, 0.25) is 0 Å². The monoisotopic (exact) mass is 364 g/mol. The summed E-state index contributed by atoms with van der Waals surface area (Å²) in [7, 11) is 0. The molecule has 130 valence electrons. The topological polar surface area (TPSA) is 106 Å². The Morgan fingerprint density at radius 1 is 1.33 bits per heavy atom. The van der Waals surface area contributed by atoms with Crippen LogP contribution in [0.25, 0.3) is 0 Å². The maximum Gasteiger partial charge on any atom is 1.00 e. The third kappa shape index (κ3) is 9.36. The first-order chi connectivity index (χ1) is 10.7. The summed E-state index contributed by atoms with van der Waals surface area (Å²) < 4.78 is 5.14. The van der Waals surface area contributed by atoms with Gasteiger partial charge < -0.3 is 22.5 Å². The molecule has 0 aliphatic heterocycles. The first-order valence-electron chi connectivity index (χ1n) is 7.38. The molecule has 0 atom stereocenters. The van der Waals surface area contributed by atoms with E-state index in [0.29, 0.717) is 29.4 Å². The zero-order chi connectivity index (χ0) is 17.5. The van der Waals surface area contributed by atoms with Crippen molar-refractivity contribution < 1.29 is 45.3 Å². The van der Waals surface area contributed by atoms with Gasteiger partial charge in [-0.2, -0.15) is 0 Å². The van der Waals surface area contributed by atoms with Crippen molar-refractivity contribution in [3.8, 4) is 0 Å².